The van der Waals surface area contributed by atoms with Gasteiger partial charge in [-0.1, -0.05) is 205 Å². The molecule has 0 heterocycles. The Bertz CT molecular complexity index is 858. The third kappa shape index (κ3) is 41.8. The lowest BCUT2D eigenvalue weighted by molar-refractivity contribution is -0.143. The molecule has 0 bridgehead atoms. The topological polar surface area (TPSA) is 95.9 Å². The molecular formula is C49H93NO5. The third-order valence-electron chi connectivity index (χ3n) is 11.0. The summed E-state index contributed by atoms with van der Waals surface area (Å²) >= 11 is 0. The molecule has 2 atom stereocenters. The van der Waals surface area contributed by atoms with Gasteiger partial charge in [-0.2, -0.15) is 0 Å². The van der Waals surface area contributed by atoms with E-state index in [2.05, 4.69) is 31.3 Å². The molecule has 0 aliphatic carbocycles. The number of allylic oxidation sites excluding steroid dienone is 3. The number of carbonyl (C=O) groups is 2. The first-order valence-corrected chi connectivity index (χ1v) is 24.1. The summed E-state index contributed by atoms with van der Waals surface area (Å²) in [6.45, 7) is 4.80. The summed E-state index contributed by atoms with van der Waals surface area (Å²) in [7, 11) is 0. The van der Waals surface area contributed by atoms with Crippen molar-refractivity contribution in [1.29, 1.82) is 0 Å². The van der Waals surface area contributed by atoms with E-state index in [0.717, 1.165) is 77.0 Å². The maximum atomic E-state index is 12.4. The number of unbranched alkanes of at least 4 members (excludes halogenated alkanes) is 31. The van der Waals surface area contributed by atoms with Crippen molar-refractivity contribution in [3.63, 3.8) is 0 Å². The molecule has 0 fully saturated rings. The minimum atomic E-state index is -0.864. The predicted molar refractivity (Wildman–Crippen MR) is 236 cm³/mol. The van der Waals surface area contributed by atoms with E-state index in [1.807, 2.05) is 6.08 Å². The van der Waals surface area contributed by atoms with Crippen LogP contribution in [0.25, 0.3) is 0 Å². The van der Waals surface area contributed by atoms with Gasteiger partial charge in [0, 0.05) is 12.8 Å². The lowest BCUT2D eigenvalue weighted by Crippen LogP contribution is -2.45. The number of hydrogen-bond donors (Lipinski definition) is 3. The maximum absolute atomic E-state index is 12.4. The van der Waals surface area contributed by atoms with Gasteiger partial charge in [0.05, 0.1) is 25.4 Å². The van der Waals surface area contributed by atoms with E-state index in [-0.39, 0.29) is 18.5 Å². The summed E-state index contributed by atoms with van der Waals surface area (Å²) in [4.78, 5) is 24.4. The minimum Gasteiger partial charge on any atom is -0.466 e. The SMILES string of the molecule is CCCCCCCCCCCCC/C=C/C(O)C(CO)NC(=O)CCCCCC/C=C\CCCCOC(=O)CCCCCCCCCCCCCCCCC. The van der Waals surface area contributed by atoms with Gasteiger partial charge in [-0.25, -0.2) is 0 Å². The molecule has 6 nitrogen and oxygen atoms in total. The van der Waals surface area contributed by atoms with Gasteiger partial charge in [-0.15, -0.1) is 0 Å². The highest BCUT2D eigenvalue weighted by Gasteiger charge is 2.18. The highest BCUT2D eigenvalue weighted by atomic mass is 16.5. The molecule has 0 aliphatic heterocycles. The van der Waals surface area contributed by atoms with Gasteiger partial charge in [-0.3, -0.25) is 9.59 Å². The van der Waals surface area contributed by atoms with Crippen molar-refractivity contribution < 1.29 is 24.5 Å². The Morgan fingerprint density at radius 3 is 1.29 bits per heavy atom. The van der Waals surface area contributed by atoms with Crippen LogP contribution in [-0.2, 0) is 14.3 Å². The Morgan fingerprint density at radius 1 is 0.491 bits per heavy atom. The lowest BCUT2D eigenvalue weighted by Gasteiger charge is -2.20. The number of aliphatic hydroxyl groups is 2. The first-order chi connectivity index (χ1) is 27.0. The molecule has 0 aromatic rings. The highest BCUT2D eigenvalue weighted by molar-refractivity contribution is 5.76. The van der Waals surface area contributed by atoms with Gasteiger partial charge in [0.1, 0.15) is 0 Å². The smallest absolute Gasteiger partial charge is 0.305 e. The fraction of sp³-hybridized carbons (Fsp3) is 0.878. The molecule has 1 amide bonds. The van der Waals surface area contributed by atoms with Crippen LogP contribution in [0, 0.1) is 0 Å². The zero-order valence-corrected chi connectivity index (χ0v) is 36.7. The van der Waals surface area contributed by atoms with Gasteiger partial charge < -0.3 is 20.3 Å². The molecule has 6 heteroatoms. The molecule has 0 saturated carbocycles. The molecule has 0 aliphatic rings. The Hall–Kier alpha value is -1.66. The first-order valence-electron chi connectivity index (χ1n) is 24.1. The predicted octanol–water partition coefficient (Wildman–Crippen LogP) is 14.0. The Morgan fingerprint density at radius 2 is 0.855 bits per heavy atom. The van der Waals surface area contributed by atoms with Crippen LogP contribution in [-0.4, -0.2) is 47.4 Å². The highest BCUT2D eigenvalue weighted by Crippen LogP contribution is 2.15. The molecule has 3 N–H and O–H groups in total. The van der Waals surface area contributed by atoms with Crippen molar-refractivity contribution in [2.75, 3.05) is 13.2 Å². The van der Waals surface area contributed by atoms with Crippen LogP contribution in [0.15, 0.2) is 24.3 Å². The van der Waals surface area contributed by atoms with Gasteiger partial charge in [0.2, 0.25) is 5.91 Å². The van der Waals surface area contributed by atoms with E-state index in [1.54, 1.807) is 6.08 Å². The molecule has 0 aromatic heterocycles. The summed E-state index contributed by atoms with van der Waals surface area (Å²) < 4.78 is 5.43. The van der Waals surface area contributed by atoms with Crippen molar-refractivity contribution >= 4 is 11.9 Å². The average Bonchev–Trinajstić information content (AvgIpc) is 3.18. The van der Waals surface area contributed by atoms with E-state index in [0.29, 0.717) is 19.4 Å². The number of carbonyl (C=O) groups excluding carboxylic acids is 2. The van der Waals surface area contributed by atoms with Crippen LogP contribution in [0.1, 0.15) is 251 Å². The summed E-state index contributed by atoms with van der Waals surface area (Å²) in [5, 5.41) is 23.0. The number of ether oxygens (including phenoxy) is 1. The first kappa shape index (κ1) is 53.3. The Labute approximate surface area is 341 Å². The zero-order valence-electron chi connectivity index (χ0n) is 36.7. The third-order valence-corrected chi connectivity index (χ3v) is 11.0. The fourth-order valence-corrected chi connectivity index (χ4v) is 7.21. The number of hydrogen-bond acceptors (Lipinski definition) is 5. The summed E-state index contributed by atoms with van der Waals surface area (Å²) in [6, 6.07) is -0.651. The molecule has 0 aromatic carbocycles. The average molecular weight is 776 g/mol. The van der Waals surface area contributed by atoms with Crippen molar-refractivity contribution in [3.05, 3.63) is 24.3 Å². The zero-order chi connectivity index (χ0) is 40.1. The Balaban J connectivity index is 3.55. The second-order valence-corrected chi connectivity index (χ2v) is 16.4. The van der Waals surface area contributed by atoms with E-state index in [1.165, 1.54) is 148 Å². The number of aliphatic hydroxyl groups excluding tert-OH is 2. The van der Waals surface area contributed by atoms with Gasteiger partial charge >= 0.3 is 5.97 Å². The van der Waals surface area contributed by atoms with Gasteiger partial charge in [0.15, 0.2) is 0 Å². The van der Waals surface area contributed by atoms with E-state index in [9.17, 15) is 19.8 Å². The van der Waals surface area contributed by atoms with Crippen molar-refractivity contribution in [2.45, 2.75) is 264 Å². The summed E-state index contributed by atoms with van der Waals surface area (Å²) in [5.41, 5.74) is 0. The monoisotopic (exact) mass is 776 g/mol. The van der Waals surface area contributed by atoms with Crippen LogP contribution in [0.5, 0.6) is 0 Å². The molecule has 324 valence electrons. The van der Waals surface area contributed by atoms with Gasteiger partial charge in [-0.05, 0) is 57.8 Å². The molecule has 0 rings (SSSR count). The van der Waals surface area contributed by atoms with Crippen molar-refractivity contribution in [1.82, 2.24) is 5.32 Å². The van der Waals surface area contributed by atoms with Crippen LogP contribution >= 0.6 is 0 Å². The number of esters is 1. The molecule has 0 spiro atoms. The second-order valence-electron chi connectivity index (χ2n) is 16.4. The lowest BCUT2D eigenvalue weighted by atomic mass is 10.0. The quantitative estimate of drug-likeness (QED) is 0.0325. The molecule has 0 saturated heterocycles. The second kappa shape index (κ2) is 45.0. The van der Waals surface area contributed by atoms with Crippen LogP contribution in [0.3, 0.4) is 0 Å². The largest absolute Gasteiger partial charge is 0.466 e. The van der Waals surface area contributed by atoms with E-state index >= 15 is 0 Å². The summed E-state index contributed by atoms with van der Waals surface area (Å²) in [6.07, 6.45) is 51.7. The molecule has 0 radical (unpaired) electrons. The van der Waals surface area contributed by atoms with Crippen molar-refractivity contribution in [3.8, 4) is 0 Å². The number of amides is 1. The molecular weight excluding hydrogens is 683 g/mol. The standard InChI is InChI=1S/C49H93NO5/c1-3-5-7-9-11-13-15-17-18-20-22-27-31-35-39-43-49(54)55-44-40-36-32-28-24-23-26-30-34-38-42-48(53)50-46(45-51)47(52)41-37-33-29-25-21-19-16-14-12-10-8-6-4-2/h24,28,37,41,46-47,51-52H,3-23,25-27,29-36,38-40,42-45H2,1-2H3,(H,50,53)/b28-24-,41-37+. The minimum absolute atomic E-state index is 0.0362. The van der Waals surface area contributed by atoms with E-state index in [4.69, 9.17) is 4.74 Å². The normalized spacial score (nSPS) is 12.9. The number of nitrogens with one attached hydrogen (secondary N) is 1. The molecule has 2 unspecified atom stereocenters. The van der Waals surface area contributed by atoms with Crippen LogP contribution in [0.4, 0.5) is 0 Å². The fourth-order valence-electron chi connectivity index (χ4n) is 7.21. The number of rotatable bonds is 44. The maximum Gasteiger partial charge on any atom is 0.305 e. The Kier molecular flexibility index (Phi) is 43.7. The summed E-state index contributed by atoms with van der Waals surface area (Å²) in [5.74, 6) is -0.140. The van der Waals surface area contributed by atoms with Gasteiger partial charge in [0.25, 0.3) is 0 Å². The molecule has 55 heavy (non-hydrogen) atoms. The van der Waals surface area contributed by atoms with Crippen LogP contribution < -0.4 is 5.32 Å². The van der Waals surface area contributed by atoms with Crippen LogP contribution in [0.2, 0.25) is 0 Å². The van der Waals surface area contributed by atoms with Crippen molar-refractivity contribution in [2.24, 2.45) is 0 Å². The van der Waals surface area contributed by atoms with E-state index < -0.39 is 12.1 Å².